The number of hydrogen-bond donors (Lipinski definition) is 0. The van der Waals surface area contributed by atoms with Crippen LogP contribution in [-0.4, -0.2) is 43.6 Å². The number of aryl methyl sites for hydroxylation is 3. The Bertz CT molecular complexity index is 1190. The van der Waals surface area contributed by atoms with Crippen LogP contribution in [0.2, 0.25) is 0 Å². The van der Waals surface area contributed by atoms with Gasteiger partial charge in [-0.1, -0.05) is 18.2 Å². The Morgan fingerprint density at radius 3 is 2.79 bits per heavy atom. The van der Waals surface area contributed by atoms with Crippen LogP contribution < -0.4 is 5.56 Å². The van der Waals surface area contributed by atoms with Crippen molar-refractivity contribution < 1.29 is 4.79 Å². The van der Waals surface area contributed by atoms with E-state index in [0.717, 1.165) is 24.4 Å². The van der Waals surface area contributed by atoms with Crippen molar-refractivity contribution in [2.24, 2.45) is 5.92 Å². The van der Waals surface area contributed by atoms with Crippen LogP contribution in [0, 0.1) is 12.8 Å². The number of likely N-dealkylation sites (tertiary alicyclic amines) is 1. The van der Waals surface area contributed by atoms with Gasteiger partial charge in [-0.3, -0.25) is 9.59 Å². The van der Waals surface area contributed by atoms with Crippen LogP contribution in [0.15, 0.2) is 35.3 Å². The number of fused-ring (bicyclic) bond motifs is 4. The molecule has 2 atom stereocenters. The zero-order valence-electron chi connectivity index (χ0n) is 16.6. The van der Waals surface area contributed by atoms with Crippen molar-refractivity contribution in [3.8, 4) is 0 Å². The maximum Gasteiger partial charge on any atom is 0.274 e. The minimum atomic E-state index is -0.157. The maximum atomic E-state index is 13.5. The van der Waals surface area contributed by atoms with Gasteiger partial charge >= 0.3 is 0 Å². The maximum absolute atomic E-state index is 13.5. The molecule has 1 aromatic carbocycles. The quantitative estimate of drug-likeness (QED) is 0.672. The average molecular weight is 389 g/mol. The molecule has 1 fully saturated rings. The summed E-state index contributed by atoms with van der Waals surface area (Å²) in [5.41, 5.74) is 2.50. The van der Waals surface area contributed by atoms with Gasteiger partial charge in [-0.25, -0.2) is 14.6 Å². The number of amides is 1. The molecule has 2 aliphatic rings. The summed E-state index contributed by atoms with van der Waals surface area (Å²) >= 11 is 0. The van der Waals surface area contributed by atoms with Crippen LogP contribution in [0.25, 0.3) is 10.8 Å². The lowest BCUT2D eigenvalue weighted by molar-refractivity contribution is 0.0779. The summed E-state index contributed by atoms with van der Waals surface area (Å²) in [6, 6.07) is 7.24. The lowest BCUT2D eigenvalue weighted by Crippen LogP contribution is -2.33. The highest BCUT2D eigenvalue weighted by atomic mass is 16.2. The molecule has 3 aromatic rings. The highest BCUT2D eigenvalue weighted by Gasteiger charge is 2.41. The van der Waals surface area contributed by atoms with Crippen LogP contribution in [0.4, 0.5) is 0 Å². The van der Waals surface area contributed by atoms with Crippen molar-refractivity contribution in [1.82, 2.24) is 24.6 Å². The lowest BCUT2D eigenvalue weighted by atomic mass is 9.80. The van der Waals surface area contributed by atoms with E-state index in [2.05, 4.69) is 10.1 Å². The first-order valence-electron chi connectivity index (χ1n) is 10.2. The topological polar surface area (TPSA) is 81.0 Å². The molecule has 0 saturated carbocycles. The van der Waals surface area contributed by atoms with Crippen LogP contribution >= 0.6 is 0 Å². The second kappa shape index (κ2) is 6.76. The number of hydrogen-bond acceptors (Lipinski definition) is 5. The summed E-state index contributed by atoms with van der Waals surface area (Å²) < 4.78 is 1.38. The van der Waals surface area contributed by atoms with E-state index in [4.69, 9.17) is 4.98 Å². The third-order valence-electron chi connectivity index (χ3n) is 6.25. The third kappa shape index (κ3) is 2.84. The fourth-order valence-corrected chi connectivity index (χ4v) is 4.76. The van der Waals surface area contributed by atoms with Crippen LogP contribution in [0.5, 0.6) is 0 Å². The van der Waals surface area contributed by atoms with Crippen LogP contribution in [0.1, 0.15) is 46.8 Å². The second-order valence-corrected chi connectivity index (χ2v) is 7.96. The summed E-state index contributed by atoms with van der Waals surface area (Å²) in [5, 5.41) is 5.59. The van der Waals surface area contributed by atoms with Gasteiger partial charge in [0.15, 0.2) is 5.69 Å². The van der Waals surface area contributed by atoms with Crippen molar-refractivity contribution >= 4 is 16.7 Å². The van der Waals surface area contributed by atoms with Crippen molar-refractivity contribution in [2.45, 2.75) is 39.2 Å². The number of rotatable bonds is 2. The summed E-state index contributed by atoms with van der Waals surface area (Å²) in [4.78, 5) is 37.0. The molecular formula is C22H23N5O2. The number of nitrogens with zero attached hydrogens (tertiary/aromatic N) is 5. The summed E-state index contributed by atoms with van der Waals surface area (Å²) in [5.74, 6) is 1.32. The van der Waals surface area contributed by atoms with E-state index in [1.165, 1.54) is 10.2 Å². The number of aromatic nitrogens is 4. The van der Waals surface area contributed by atoms with Gasteiger partial charge in [0.05, 0.1) is 11.1 Å². The predicted molar refractivity (Wildman–Crippen MR) is 109 cm³/mol. The molecule has 7 nitrogen and oxygen atoms in total. The summed E-state index contributed by atoms with van der Waals surface area (Å²) in [6.45, 7) is 5.53. The average Bonchev–Trinajstić information content (AvgIpc) is 3.19. The van der Waals surface area contributed by atoms with Gasteiger partial charge in [0.1, 0.15) is 5.82 Å². The number of benzene rings is 1. The molecule has 0 spiro atoms. The molecule has 1 saturated heterocycles. The molecule has 0 N–H and O–H groups in total. The largest absolute Gasteiger partial charge is 0.336 e. The standard InChI is InChI=1S/C22H23N5O2/c1-3-27-21(28)17-7-5-4-6-16(17)20(25-27)22(29)26-11-15-9-8-14-10-23-13(2)24-19(14)18(15)12-26/h4-7,10,15,18H,3,8-9,11-12H2,1-2H3/t15-,18+/m1/s1. The van der Waals surface area contributed by atoms with Gasteiger partial charge < -0.3 is 4.90 Å². The Labute approximate surface area is 168 Å². The first kappa shape index (κ1) is 18.0. The van der Waals surface area contributed by atoms with E-state index in [9.17, 15) is 9.59 Å². The predicted octanol–water partition coefficient (Wildman–Crippen LogP) is 2.32. The van der Waals surface area contributed by atoms with Crippen molar-refractivity contribution in [3.05, 3.63) is 63.6 Å². The summed E-state index contributed by atoms with van der Waals surface area (Å²) in [7, 11) is 0. The molecule has 0 radical (unpaired) electrons. The van der Waals surface area contributed by atoms with E-state index >= 15 is 0 Å². The molecule has 1 aliphatic carbocycles. The first-order valence-corrected chi connectivity index (χ1v) is 10.2. The Balaban J connectivity index is 1.53. The molecule has 148 valence electrons. The lowest BCUT2D eigenvalue weighted by Gasteiger charge is -2.25. The Morgan fingerprint density at radius 1 is 1.21 bits per heavy atom. The fourth-order valence-electron chi connectivity index (χ4n) is 4.76. The summed E-state index contributed by atoms with van der Waals surface area (Å²) in [6.07, 6.45) is 3.93. The Morgan fingerprint density at radius 2 is 2.00 bits per heavy atom. The molecule has 7 heteroatoms. The normalized spacial score (nSPS) is 20.6. The van der Waals surface area contributed by atoms with E-state index in [0.29, 0.717) is 42.0 Å². The molecule has 0 unspecified atom stereocenters. The smallest absolute Gasteiger partial charge is 0.274 e. The third-order valence-corrected chi connectivity index (χ3v) is 6.25. The highest BCUT2D eigenvalue weighted by molar-refractivity contribution is 6.04. The van der Waals surface area contributed by atoms with Crippen LogP contribution in [0.3, 0.4) is 0 Å². The molecule has 2 aromatic heterocycles. The zero-order chi connectivity index (χ0) is 20.1. The number of carbonyl (C=O) groups is 1. The molecule has 0 bridgehead atoms. The molecule has 3 heterocycles. The van der Waals surface area contributed by atoms with Gasteiger partial charge in [-0.2, -0.15) is 5.10 Å². The molecule has 29 heavy (non-hydrogen) atoms. The zero-order valence-corrected chi connectivity index (χ0v) is 16.6. The van der Waals surface area contributed by atoms with Gasteiger partial charge in [0, 0.05) is 37.1 Å². The van der Waals surface area contributed by atoms with Crippen molar-refractivity contribution in [2.75, 3.05) is 13.1 Å². The molecular weight excluding hydrogens is 366 g/mol. The van der Waals surface area contributed by atoms with Crippen molar-refractivity contribution in [3.63, 3.8) is 0 Å². The van der Waals surface area contributed by atoms with Crippen LogP contribution in [-0.2, 0) is 13.0 Å². The SMILES string of the molecule is CCn1nc(C(=O)N2C[C@H]3CCc4cnc(C)nc4[C@H]3C2)c2ccccc2c1=O. The molecule has 1 aliphatic heterocycles. The Kier molecular flexibility index (Phi) is 4.19. The van der Waals surface area contributed by atoms with Gasteiger partial charge in [0.25, 0.3) is 11.5 Å². The Hall–Kier alpha value is -3.09. The molecule has 5 rings (SSSR count). The van der Waals surface area contributed by atoms with Gasteiger partial charge in [0.2, 0.25) is 0 Å². The highest BCUT2D eigenvalue weighted by Crippen LogP contribution is 2.40. The monoisotopic (exact) mass is 389 g/mol. The molecule has 1 amide bonds. The van der Waals surface area contributed by atoms with E-state index in [1.54, 1.807) is 6.07 Å². The van der Waals surface area contributed by atoms with Gasteiger partial charge in [-0.05, 0) is 44.2 Å². The minimum Gasteiger partial charge on any atom is -0.336 e. The van der Waals surface area contributed by atoms with E-state index in [1.807, 2.05) is 43.1 Å². The van der Waals surface area contributed by atoms with E-state index < -0.39 is 0 Å². The fraction of sp³-hybridized carbons (Fsp3) is 0.409. The van der Waals surface area contributed by atoms with Gasteiger partial charge in [-0.15, -0.1) is 0 Å². The second-order valence-electron chi connectivity index (χ2n) is 7.96. The van der Waals surface area contributed by atoms with Crippen molar-refractivity contribution in [1.29, 1.82) is 0 Å². The number of carbonyl (C=O) groups excluding carboxylic acids is 1. The van der Waals surface area contributed by atoms with E-state index in [-0.39, 0.29) is 17.4 Å². The first-order chi connectivity index (χ1) is 14.1. The minimum absolute atomic E-state index is 0.106.